The molecule has 0 amide bonds. The van der Waals surface area contributed by atoms with Crippen molar-refractivity contribution in [1.82, 2.24) is 0 Å². The van der Waals surface area contributed by atoms with Gasteiger partial charge < -0.3 is 9.53 Å². The number of carbonyl (C=O) groups is 2. The third kappa shape index (κ3) is 16.4. The molecule has 0 bridgehead atoms. The van der Waals surface area contributed by atoms with Crippen LogP contribution in [-0.2, 0) is 14.3 Å². The van der Waals surface area contributed by atoms with E-state index in [1.807, 2.05) is 13.8 Å². The summed E-state index contributed by atoms with van der Waals surface area (Å²) in [6.45, 7) is 7.52. The molecule has 3 heteroatoms. The van der Waals surface area contributed by atoms with Gasteiger partial charge in [-0.2, -0.15) is 0 Å². The molecule has 3 nitrogen and oxygen atoms in total. The number of Topliss-reactive ketones (excluding diaryl/α,β-unsaturated/α-hetero) is 1. The summed E-state index contributed by atoms with van der Waals surface area (Å²) in [5.74, 6) is -0.374. The fourth-order valence-corrected chi connectivity index (χ4v) is 3.21. The van der Waals surface area contributed by atoms with Crippen LogP contribution in [0, 0.1) is 5.92 Å². The second-order valence-corrected chi connectivity index (χ2v) is 7.77. The number of unbranched alkanes of at least 4 members (excludes halogenated alkanes) is 11. The van der Waals surface area contributed by atoms with Gasteiger partial charge in [0.1, 0.15) is 5.78 Å². The standard InChI is InChI=1S/C22H42O3/c1-5-6-7-8-9-10-11-12-13-14-15-16-17-21(18-20(4)23)22(24)25-19(2)3/h19,21H,5-18H2,1-4H3. The van der Waals surface area contributed by atoms with E-state index in [4.69, 9.17) is 4.74 Å². The quantitative estimate of drug-likeness (QED) is 0.218. The largest absolute Gasteiger partial charge is 0.463 e. The Morgan fingerprint density at radius 2 is 1.20 bits per heavy atom. The van der Waals surface area contributed by atoms with Gasteiger partial charge in [-0.25, -0.2) is 0 Å². The molecule has 0 rings (SSSR count). The van der Waals surface area contributed by atoms with E-state index in [1.54, 1.807) is 6.92 Å². The Morgan fingerprint density at radius 3 is 1.60 bits per heavy atom. The van der Waals surface area contributed by atoms with Crippen LogP contribution in [0.15, 0.2) is 0 Å². The summed E-state index contributed by atoms with van der Waals surface area (Å²) in [5, 5.41) is 0. The minimum Gasteiger partial charge on any atom is -0.463 e. The zero-order valence-electron chi connectivity index (χ0n) is 17.3. The van der Waals surface area contributed by atoms with Gasteiger partial charge in [-0.15, -0.1) is 0 Å². The lowest BCUT2D eigenvalue weighted by molar-refractivity contribution is -0.154. The molecule has 0 spiro atoms. The molecule has 0 saturated heterocycles. The van der Waals surface area contributed by atoms with E-state index in [0.29, 0.717) is 6.42 Å². The van der Waals surface area contributed by atoms with Crippen LogP contribution in [0.5, 0.6) is 0 Å². The van der Waals surface area contributed by atoms with E-state index in [0.717, 1.165) is 19.3 Å². The van der Waals surface area contributed by atoms with Crippen molar-refractivity contribution in [2.45, 2.75) is 124 Å². The topological polar surface area (TPSA) is 43.4 Å². The third-order valence-electron chi connectivity index (χ3n) is 4.63. The van der Waals surface area contributed by atoms with Gasteiger partial charge in [0.25, 0.3) is 0 Å². The van der Waals surface area contributed by atoms with Gasteiger partial charge >= 0.3 is 5.97 Å². The normalized spacial score (nSPS) is 12.4. The van der Waals surface area contributed by atoms with Gasteiger partial charge in [-0.05, 0) is 27.2 Å². The molecule has 0 fully saturated rings. The predicted molar refractivity (Wildman–Crippen MR) is 106 cm³/mol. The molecular formula is C22H42O3. The average molecular weight is 355 g/mol. The Bertz CT molecular complexity index is 336. The Balaban J connectivity index is 3.64. The van der Waals surface area contributed by atoms with Crippen LogP contribution in [0.4, 0.5) is 0 Å². The summed E-state index contributed by atoms with van der Waals surface area (Å²) < 4.78 is 5.28. The highest BCUT2D eigenvalue weighted by atomic mass is 16.5. The number of hydrogen-bond acceptors (Lipinski definition) is 3. The molecule has 0 N–H and O–H groups in total. The molecule has 148 valence electrons. The predicted octanol–water partition coefficient (Wildman–Crippen LogP) is 6.62. The Hall–Kier alpha value is -0.860. The van der Waals surface area contributed by atoms with Crippen molar-refractivity contribution in [2.75, 3.05) is 0 Å². The minimum absolute atomic E-state index is 0.0737. The van der Waals surface area contributed by atoms with Crippen LogP contribution in [0.25, 0.3) is 0 Å². The summed E-state index contributed by atoms with van der Waals surface area (Å²) in [7, 11) is 0. The monoisotopic (exact) mass is 354 g/mol. The number of rotatable bonds is 17. The van der Waals surface area contributed by atoms with Crippen LogP contribution in [-0.4, -0.2) is 17.9 Å². The zero-order chi connectivity index (χ0) is 18.9. The Morgan fingerprint density at radius 1 is 0.760 bits per heavy atom. The maximum Gasteiger partial charge on any atom is 0.309 e. The van der Waals surface area contributed by atoms with E-state index in [-0.39, 0.29) is 23.8 Å². The van der Waals surface area contributed by atoms with Crippen molar-refractivity contribution in [3.8, 4) is 0 Å². The number of ether oxygens (including phenoxy) is 1. The van der Waals surface area contributed by atoms with E-state index >= 15 is 0 Å². The zero-order valence-corrected chi connectivity index (χ0v) is 17.3. The van der Waals surface area contributed by atoms with Crippen LogP contribution in [0.2, 0.25) is 0 Å². The van der Waals surface area contributed by atoms with E-state index < -0.39 is 0 Å². The third-order valence-corrected chi connectivity index (χ3v) is 4.63. The lowest BCUT2D eigenvalue weighted by Crippen LogP contribution is -2.23. The first-order valence-corrected chi connectivity index (χ1v) is 10.7. The van der Waals surface area contributed by atoms with E-state index in [2.05, 4.69) is 6.92 Å². The van der Waals surface area contributed by atoms with Gasteiger partial charge in [0.2, 0.25) is 0 Å². The molecule has 25 heavy (non-hydrogen) atoms. The van der Waals surface area contributed by atoms with Crippen molar-refractivity contribution < 1.29 is 14.3 Å². The molecule has 0 heterocycles. The van der Waals surface area contributed by atoms with Gasteiger partial charge in [0.05, 0.1) is 12.0 Å². The summed E-state index contributed by atoms with van der Waals surface area (Å²) in [6.07, 6.45) is 16.7. The number of esters is 1. The van der Waals surface area contributed by atoms with Gasteiger partial charge in [0.15, 0.2) is 0 Å². The molecule has 0 aromatic heterocycles. The summed E-state index contributed by atoms with van der Waals surface area (Å²) >= 11 is 0. The summed E-state index contributed by atoms with van der Waals surface area (Å²) in [5.41, 5.74) is 0. The Kier molecular flexibility index (Phi) is 16.0. The van der Waals surface area contributed by atoms with Crippen LogP contribution < -0.4 is 0 Å². The first-order valence-electron chi connectivity index (χ1n) is 10.7. The smallest absolute Gasteiger partial charge is 0.309 e. The highest BCUT2D eigenvalue weighted by molar-refractivity contribution is 5.82. The minimum atomic E-state index is -0.247. The summed E-state index contributed by atoms with van der Waals surface area (Å²) in [4.78, 5) is 23.4. The highest BCUT2D eigenvalue weighted by Crippen LogP contribution is 2.18. The Labute approximate surface area is 156 Å². The molecule has 1 atom stereocenters. The molecule has 0 aliphatic heterocycles. The fourth-order valence-electron chi connectivity index (χ4n) is 3.21. The maximum absolute atomic E-state index is 12.0. The second-order valence-electron chi connectivity index (χ2n) is 7.77. The van der Waals surface area contributed by atoms with Gasteiger partial charge in [-0.1, -0.05) is 84.0 Å². The molecule has 0 saturated carbocycles. The van der Waals surface area contributed by atoms with E-state index in [9.17, 15) is 9.59 Å². The molecular weight excluding hydrogens is 312 g/mol. The average Bonchev–Trinajstić information content (AvgIpc) is 2.53. The van der Waals surface area contributed by atoms with Crippen molar-refractivity contribution in [3.63, 3.8) is 0 Å². The SMILES string of the molecule is CCCCCCCCCCCCCCC(CC(C)=O)C(=O)OC(C)C. The first-order chi connectivity index (χ1) is 12.0. The number of hydrogen-bond donors (Lipinski definition) is 0. The molecule has 0 aliphatic carbocycles. The van der Waals surface area contributed by atoms with Crippen LogP contribution in [0.3, 0.4) is 0 Å². The fraction of sp³-hybridized carbons (Fsp3) is 0.909. The molecule has 0 aliphatic rings. The van der Waals surface area contributed by atoms with Gasteiger partial charge in [-0.3, -0.25) is 4.79 Å². The van der Waals surface area contributed by atoms with Crippen molar-refractivity contribution in [1.29, 1.82) is 0 Å². The molecule has 0 aromatic carbocycles. The molecule has 1 unspecified atom stereocenters. The van der Waals surface area contributed by atoms with Gasteiger partial charge in [0, 0.05) is 6.42 Å². The number of carbonyl (C=O) groups excluding carboxylic acids is 2. The molecule has 0 radical (unpaired) electrons. The van der Waals surface area contributed by atoms with Crippen molar-refractivity contribution in [2.24, 2.45) is 5.92 Å². The lowest BCUT2D eigenvalue weighted by Gasteiger charge is -2.16. The van der Waals surface area contributed by atoms with E-state index in [1.165, 1.54) is 64.2 Å². The van der Waals surface area contributed by atoms with Crippen LogP contribution in [0.1, 0.15) is 118 Å². The second kappa shape index (κ2) is 16.6. The number of ketones is 1. The van der Waals surface area contributed by atoms with Crippen LogP contribution >= 0.6 is 0 Å². The maximum atomic E-state index is 12.0. The lowest BCUT2D eigenvalue weighted by atomic mass is 9.95. The summed E-state index contributed by atoms with van der Waals surface area (Å²) in [6, 6.07) is 0. The first kappa shape index (κ1) is 24.1. The molecule has 0 aromatic rings. The highest BCUT2D eigenvalue weighted by Gasteiger charge is 2.22. The van der Waals surface area contributed by atoms with Crippen molar-refractivity contribution >= 4 is 11.8 Å². The van der Waals surface area contributed by atoms with Crippen molar-refractivity contribution in [3.05, 3.63) is 0 Å².